The van der Waals surface area contributed by atoms with Gasteiger partial charge in [0.1, 0.15) is 0 Å². The number of halogens is 1. The van der Waals surface area contributed by atoms with Gasteiger partial charge in [0.05, 0.1) is 12.3 Å². The highest BCUT2D eigenvalue weighted by Crippen LogP contribution is 2.18. The van der Waals surface area contributed by atoms with Gasteiger partial charge in [0.15, 0.2) is 0 Å². The summed E-state index contributed by atoms with van der Waals surface area (Å²) in [7, 11) is 1.74. The fourth-order valence-electron chi connectivity index (χ4n) is 2.38. The number of carbonyl (C=O) groups excluding carboxylic acids is 1. The van der Waals surface area contributed by atoms with E-state index in [9.17, 15) is 4.79 Å². The third-order valence-corrected chi connectivity index (χ3v) is 5.22. The minimum Gasteiger partial charge on any atom is -0.337 e. The fraction of sp³-hybridized carbons (Fsp3) is 0.250. The van der Waals surface area contributed by atoms with E-state index in [1.54, 1.807) is 23.7 Å². The van der Waals surface area contributed by atoms with Gasteiger partial charge in [-0.05, 0) is 24.6 Å². The largest absolute Gasteiger partial charge is 0.337 e. The molecule has 5 nitrogen and oxygen atoms in total. The molecule has 7 heteroatoms. The van der Waals surface area contributed by atoms with E-state index in [4.69, 9.17) is 16.1 Å². The first-order valence-corrected chi connectivity index (χ1v) is 10.0. The molecule has 0 saturated carbocycles. The molecule has 0 atom stereocenters. The van der Waals surface area contributed by atoms with Crippen LogP contribution in [0.4, 0.5) is 0 Å². The zero-order valence-corrected chi connectivity index (χ0v) is 16.8. The van der Waals surface area contributed by atoms with Gasteiger partial charge in [-0.15, -0.1) is 11.8 Å². The van der Waals surface area contributed by atoms with E-state index in [1.165, 1.54) is 5.56 Å². The lowest BCUT2D eigenvalue weighted by atomic mass is 10.1. The van der Waals surface area contributed by atoms with E-state index in [2.05, 4.69) is 10.1 Å². The Labute approximate surface area is 167 Å². The summed E-state index contributed by atoms with van der Waals surface area (Å²) in [6.07, 6.45) is 0. The Morgan fingerprint density at radius 2 is 1.85 bits per heavy atom. The van der Waals surface area contributed by atoms with Gasteiger partial charge in [-0.2, -0.15) is 4.98 Å². The minimum absolute atomic E-state index is 0.0176. The van der Waals surface area contributed by atoms with Gasteiger partial charge in [0, 0.05) is 23.4 Å². The van der Waals surface area contributed by atoms with E-state index in [-0.39, 0.29) is 5.91 Å². The lowest BCUT2D eigenvalue weighted by molar-refractivity contribution is -0.127. The van der Waals surface area contributed by atoms with Crippen molar-refractivity contribution in [3.05, 3.63) is 70.6 Å². The van der Waals surface area contributed by atoms with Crippen LogP contribution in [0.15, 0.2) is 53.1 Å². The maximum Gasteiger partial charge on any atom is 0.246 e. The second kappa shape index (κ2) is 9.06. The predicted octanol–water partition coefficient (Wildman–Crippen LogP) is 4.59. The number of thioether (sulfide) groups is 1. The van der Waals surface area contributed by atoms with Crippen molar-refractivity contribution >= 4 is 29.3 Å². The van der Waals surface area contributed by atoms with Crippen molar-refractivity contribution in [2.75, 3.05) is 12.8 Å². The molecule has 27 heavy (non-hydrogen) atoms. The molecular formula is C20H20ClN3O2S. The van der Waals surface area contributed by atoms with E-state index in [1.807, 2.05) is 55.5 Å². The number of carbonyl (C=O) groups is 1. The Morgan fingerprint density at radius 1 is 1.15 bits per heavy atom. The van der Waals surface area contributed by atoms with Crippen molar-refractivity contribution in [1.29, 1.82) is 0 Å². The van der Waals surface area contributed by atoms with Crippen molar-refractivity contribution in [1.82, 2.24) is 15.0 Å². The number of amides is 1. The highest BCUT2D eigenvalue weighted by Gasteiger charge is 2.14. The maximum atomic E-state index is 12.3. The Kier molecular flexibility index (Phi) is 6.53. The average molecular weight is 402 g/mol. The third-order valence-electron chi connectivity index (χ3n) is 3.98. The second-order valence-corrected chi connectivity index (χ2v) is 7.67. The quantitative estimate of drug-likeness (QED) is 0.579. The van der Waals surface area contributed by atoms with Crippen LogP contribution >= 0.6 is 23.4 Å². The van der Waals surface area contributed by atoms with Gasteiger partial charge >= 0.3 is 0 Å². The van der Waals surface area contributed by atoms with Gasteiger partial charge in [-0.3, -0.25) is 4.79 Å². The van der Waals surface area contributed by atoms with Crippen LogP contribution in [0, 0.1) is 6.92 Å². The van der Waals surface area contributed by atoms with Crippen LogP contribution in [0.1, 0.15) is 17.0 Å². The van der Waals surface area contributed by atoms with E-state index < -0.39 is 0 Å². The van der Waals surface area contributed by atoms with Gasteiger partial charge in [0.2, 0.25) is 17.6 Å². The molecule has 0 aliphatic heterocycles. The van der Waals surface area contributed by atoms with Crippen LogP contribution in [-0.2, 0) is 17.1 Å². The van der Waals surface area contributed by atoms with Crippen LogP contribution in [0.5, 0.6) is 0 Å². The minimum atomic E-state index is 0.0176. The summed E-state index contributed by atoms with van der Waals surface area (Å²) in [6.45, 7) is 2.32. The molecule has 0 aliphatic rings. The van der Waals surface area contributed by atoms with E-state index in [0.717, 1.165) is 16.9 Å². The third kappa shape index (κ3) is 5.58. The number of hydrogen-bond donors (Lipinski definition) is 0. The molecule has 0 unspecified atom stereocenters. The highest BCUT2D eigenvalue weighted by atomic mass is 35.5. The summed E-state index contributed by atoms with van der Waals surface area (Å²) in [5, 5.41) is 4.71. The summed E-state index contributed by atoms with van der Waals surface area (Å²) >= 11 is 7.44. The monoisotopic (exact) mass is 401 g/mol. The van der Waals surface area contributed by atoms with Gasteiger partial charge in [0.25, 0.3) is 0 Å². The second-order valence-electron chi connectivity index (χ2n) is 6.25. The number of aromatic nitrogens is 2. The normalized spacial score (nSPS) is 10.8. The highest BCUT2D eigenvalue weighted by molar-refractivity contribution is 7.99. The van der Waals surface area contributed by atoms with Crippen LogP contribution in [0.2, 0.25) is 5.02 Å². The molecule has 1 amide bonds. The molecule has 0 radical (unpaired) electrons. The molecular weight excluding hydrogens is 382 g/mol. The van der Waals surface area contributed by atoms with Crippen molar-refractivity contribution in [3.8, 4) is 11.4 Å². The number of nitrogens with zero attached hydrogens (tertiary/aromatic N) is 3. The van der Waals surface area contributed by atoms with Gasteiger partial charge in [-0.1, -0.05) is 58.7 Å². The summed E-state index contributed by atoms with van der Waals surface area (Å²) in [4.78, 5) is 18.3. The lowest BCUT2D eigenvalue weighted by Crippen LogP contribution is -2.28. The maximum absolute atomic E-state index is 12.3. The summed E-state index contributed by atoms with van der Waals surface area (Å²) in [5.41, 5.74) is 3.20. The van der Waals surface area contributed by atoms with Gasteiger partial charge < -0.3 is 9.42 Å². The smallest absolute Gasteiger partial charge is 0.246 e. The van der Waals surface area contributed by atoms with Crippen molar-refractivity contribution in [3.63, 3.8) is 0 Å². The van der Waals surface area contributed by atoms with Crippen LogP contribution < -0.4 is 0 Å². The number of aryl methyl sites for hydroxylation is 1. The topological polar surface area (TPSA) is 59.2 Å². The van der Waals surface area contributed by atoms with Gasteiger partial charge in [-0.25, -0.2) is 0 Å². The Hall–Kier alpha value is -2.31. The Balaban J connectivity index is 1.49. The predicted molar refractivity (Wildman–Crippen MR) is 109 cm³/mol. The Morgan fingerprint density at radius 3 is 2.56 bits per heavy atom. The molecule has 140 valence electrons. The summed E-state index contributed by atoms with van der Waals surface area (Å²) < 4.78 is 5.28. The van der Waals surface area contributed by atoms with Crippen LogP contribution in [0.25, 0.3) is 11.4 Å². The molecule has 3 aromatic rings. The van der Waals surface area contributed by atoms with Crippen LogP contribution in [-0.4, -0.2) is 33.7 Å². The molecule has 2 aromatic carbocycles. The van der Waals surface area contributed by atoms with E-state index >= 15 is 0 Å². The summed E-state index contributed by atoms with van der Waals surface area (Å²) in [5.74, 6) is 2.11. The molecule has 0 bridgehead atoms. The number of rotatable bonds is 7. The molecule has 1 heterocycles. The fourth-order valence-corrected chi connectivity index (χ4v) is 3.43. The molecule has 3 rings (SSSR count). The van der Waals surface area contributed by atoms with Crippen molar-refractivity contribution in [2.24, 2.45) is 0 Å². The standard InChI is InChI=1S/C20H20ClN3O2S/c1-14-3-7-16(8-4-14)20-22-18(26-23-20)11-24(2)19(25)13-27-12-15-5-9-17(21)10-6-15/h3-10H,11-13H2,1-2H3. The SMILES string of the molecule is Cc1ccc(-c2noc(CN(C)C(=O)CSCc3ccc(Cl)cc3)n2)cc1. The first kappa shape index (κ1) is 19.5. The molecule has 0 spiro atoms. The first-order chi connectivity index (χ1) is 13.0. The number of hydrogen-bond acceptors (Lipinski definition) is 5. The van der Waals surface area contributed by atoms with Crippen molar-refractivity contribution in [2.45, 2.75) is 19.2 Å². The summed E-state index contributed by atoms with van der Waals surface area (Å²) in [6, 6.07) is 15.5. The first-order valence-electron chi connectivity index (χ1n) is 8.47. The lowest BCUT2D eigenvalue weighted by Gasteiger charge is -2.14. The molecule has 1 aromatic heterocycles. The molecule has 0 N–H and O–H groups in total. The molecule has 0 aliphatic carbocycles. The molecule has 0 fully saturated rings. The van der Waals surface area contributed by atoms with Crippen LogP contribution in [0.3, 0.4) is 0 Å². The van der Waals surface area contributed by atoms with Crippen molar-refractivity contribution < 1.29 is 9.32 Å². The average Bonchev–Trinajstić information content (AvgIpc) is 3.12. The zero-order valence-electron chi connectivity index (χ0n) is 15.2. The number of benzene rings is 2. The molecule has 0 saturated heterocycles. The Bertz CT molecular complexity index is 894. The van der Waals surface area contributed by atoms with E-state index in [0.29, 0.717) is 29.0 Å². The zero-order chi connectivity index (χ0) is 19.2.